The standard InChI is InChI=1S/C20H29N5O3S2/c1-14-6-3-4-7-16(14)21-20(26)15(2)24-10-12-25(13-11-24)30(27,28)18-9-5-8-17-19(18)23-29-22-17/h5,8-9,14-16H,3-4,6-7,10-13H2,1-2H3,(H,21,26). The summed E-state index contributed by atoms with van der Waals surface area (Å²) in [5.41, 5.74) is 1.03. The summed E-state index contributed by atoms with van der Waals surface area (Å²) in [7, 11) is -3.65. The van der Waals surface area contributed by atoms with Gasteiger partial charge in [0, 0.05) is 32.2 Å². The van der Waals surface area contributed by atoms with Gasteiger partial charge < -0.3 is 5.32 Å². The van der Waals surface area contributed by atoms with E-state index in [0.717, 1.165) is 24.6 Å². The van der Waals surface area contributed by atoms with E-state index in [2.05, 4.69) is 25.9 Å². The molecule has 1 amide bonds. The van der Waals surface area contributed by atoms with E-state index in [1.807, 2.05) is 6.92 Å². The molecule has 1 aromatic heterocycles. The molecule has 2 aliphatic rings. The van der Waals surface area contributed by atoms with Crippen molar-refractivity contribution in [3.05, 3.63) is 18.2 Å². The van der Waals surface area contributed by atoms with E-state index in [9.17, 15) is 13.2 Å². The highest BCUT2D eigenvalue weighted by Crippen LogP contribution is 2.26. The first-order valence-electron chi connectivity index (χ1n) is 10.6. The number of fused-ring (bicyclic) bond motifs is 1. The minimum atomic E-state index is -3.65. The smallest absolute Gasteiger partial charge is 0.245 e. The van der Waals surface area contributed by atoms with Gasteiger partial charge in [-0.2, -0.15) is 13.1 Å². The first kappa shape index (κ1) is 21.6. The average molecular weight is 452 g/mol. The first-order chi connectivity index (χ1) is 14.4. The number of rotatable bonds is 5. The summed E-state index contributed by atoms with van der Waals surface area (Å²) in [6.07, 6.45) is 4.62. The number of nitrogens with one attached hydrogen (secondary N) is 1. The summed E-state index contributed by atoms with van der Waals surface area (Å²) < 4.78 is 36.1. The molecule has 30 heavy (non-hydrogen) atoms. The first-order valence-corrected chi connectivity index (χ1v) is 12.8. The normalized spacial score (nSPS) is 25.3. The highest BCUT2D eigenvalue weighted by atomic mass is 32.2. The molecule has 0 bridgehead atoms. The molecular formula is C20H29N5O3S2. The number of nitrogens with zero attached hydrogens (tertiary/aromatic N) is 4. The highest BCUT2D eigenvalue weighted by Gasteiger charge is 2.34. The number of sulfonamides is 1. The Labute approximate surface area is 182 Å². The molecule has 3 atom stereocenters. The van der Waals surface area contributed by atoms with Gasteiger partial charge >= 0.3 is 0 Å². The quantitative estimate of drug-likeness (QED) is 0.748. The summed E-state index contributed by atoms with van der Waals surface area (Å²) in [4.78, 5) is 15.1. The van der Waals surface area contributed by atoms with Crippen LogP contribution in [0.2, 0.25) is 0 Å². The van der Waals surface area contributed by atoms with Crippen molar-refractivity contribution >= 4 is 38.7 Å². The van der Waals surface area contributed by atoms with E-state index in [-0.39, 0.29) is 22.9 Å². The van der Waals surface area contributed by atoms with Crippen LogP contribution in [0, 0.1) is 5.92 Å². The molecule has 10 heteroatoms. The fourth-order valence-corrected chi connectivity index (χ4v) is 6.63. The van der Waals surface area contributed by atoms with Gasteiger partial charge in [0.25, 0.3) is 0 Å². The van der Waals surface area contributed by atoms with Crippen LogP contribution in [0.25, 0.3) is 11.0 Å². The molecule has 1 aliphatic carbocycles. The Balaban J connectivity index is 1.38. The Morgan fingerprint density at radius 1 is 1.17 bits per heavy atom. The molecule has 2 fully saturated rings. The zero-order valence-electron chi connectivity index (χ0n) is 17.5. The second-order valence-electron chi connectivity index (χ2n) is 8.38. The van der Waals surface area contributed by atoms with Gasteiger partial charge in [0.05, 0.1) is 17.8 Å². The lowest BCUT2D eigenvalue weighted by Gasteiger charge is -2.38. The van der Waals surface area contributed by atoms with Crippen molar-refractivity contribution < 1.29 is 13.2 Å². The van der Waals surface area contributed by atoms with Gasteiger partial charge in [0.15, 0.2) is 0 Å². The molecule has 8 nitrogen and oxygen atoms in total. The van der Waals surface area contributed by atoms with Crippen molar-refractivity contribution in [3.63, 3.8) is 0 Å². The van der Waals surface area contributed by atoms with E-state index < -0.39 is 10.0 Å². The highest BCUT2D eigenvalue weighted by molar-refractivity contribution is 7.89. The molecule has 1 saturated heterocycles. The lowest BCUT2D eigenvalue weighted by atomic mass is 9.86. The maximum atomic E-state index is 13.2. The molecule has 0 spiro atoms. The molecule has 1 aliphatic heterocycles. The molecule has 1 aromatic carbocycles. The maximum Gasteiger partial charge on any atom is 0.245 e. The largest absolute Gasteiger partial charge is 0.352 e. The van der Waals surface area contributed by atoms with Crippen LogP contribution in [0.15, 0.2) is 23.1 Å². The molecular weight excluding hydrogens is 422 g/mol. The molecule has 2 aromatic rings. The van der Waals surface area contributed by atoms with Crippen molar-refractivity contribution in [1.29, 1.82) is 0 Å². The van der Waals surface area contributed by atoms with E-state index >= 15 is 0 Å². The van der Waals surface area contributed by atoms with E-state index in [1.54, 1.807) is 18.2 Å². The van der Waals surface area contributed by atoms with Gasteiger partial charge in [-0.05, 0) is 37.8 Å². The number of aromatic nitrogens is 2. The summed E-state index contributed by atoms with van der Waals surface area (Å²) in [6, 6.07) is 5.04. The van der Waals surface area contributed by atoms with Crippen molar-refractivity contribution in [2.24, 2.45) is 5.92 Å². The lowest BCUT2D eigenvalue weighted by Crippen LogP contribution is -2.56. The van der Waals surface area contributed by atoms with Crippen molar-refractivity contribution in [3.8, 4) is 0 Å². The number of hydrogen-bond donors (Lipinski definition) is 1. The van der Waals surface area contributed by atoms with Crippen LogP contribution in [-0.4, -0.2) is 70.5 Å². The molecule has 3 unspecified atom stereocenters. The summed E-state index contributed by atoms with van der Waals surface area (Å²) >= 11 is 1.02. The van der Waals surface area contributed by atoms with E-state index in [1.165, 1.54) is 17.1 Å². The molecule has 1 N–H and O–H groups in total. The Bertz CT molecular complexity index is 1000. The minimum absolute atomic E-state index is 0.0448. The van der Waals surface area contributed by atoms with Gasteiger partial charge in [-0.3, -0.25) is 9.69 Å². The maximum absolute atomic E-state index is 13.2. The Morgan fingerprint density at radius 2 is 1.90 bits per heavy atom. The van der Waals surface area contributed by atoms with E-state index in [4.69, 9.17) is 0 Å². The second kappa shape index (κ2) is 8.86. The predicted molar refractivity (Wildman–Crippen MR) is 117 cm³/mol. The molecule has 0 radical (unpaired) electrons. The summed E-state index contributed by atoms with van der Waals surface area (Å²) in [5.74, 6) is 0.558. The van der Waals surface area contributed by atoms with Crippen molar-refractivity contribution in [2.75, 3.05) is 26.2 Å². The molecule has 164 valence electrons. The van der Waals surface area contributed by atoms with E-state index in [0.29, 0.717) is 43.1 Å². The Hall–Kier alpha value is -1.62. The fourth-order valence-electron chi connectivity index (χ4n) is 4.46. The number of amides is 1. The van der Waals surface area contributed by atoms with Gasteiger partial charge in [-0.15, -0.1) is 0 Å². The lowest BCUT2D eigenvalue weighted by molar-refractivity contribution is -0.127. The van der Waals surface area contributed by atoms with Gasteiger partial charge in [0.1, 0.15) is 15.9 Å². The minimum Gasteiger partial charge on any atom is -0.352 e. The molecule has 4 rings (SSSR count). The van der Waals surface area contributed by atoms with Crippen LogP contribution in [0.4, 0.5) is 0 Å². The number of carbonyl (C=O) groups is 1. The van der Waals surface area contributed by atoms with Crippen LogP contribution in [0.5, 0.6) is 0 Å². The van der Waals surface area contributed by atoms with Crippen LogP contribution in [0.3, 0.4) is 0 Å². The third-order valence-corrected chi connectivity index (χ3v) is 8.98. The number of piperazine rings is 1. The van der Waals surface area contributed by atoms with Crippen LogP contribution in [0.1, 0.15) is 39.5 Å². The number of benzene rings is 1. The van der Waals surface area contributed by atoms with Gasteiger partial charge in [-0.1, -0.05) is 25.8 Å². The Morgan fingerprint density at radius 3 is 2.63 bits per heavy atom. The third kappa shape index (κ3) is 4.23. The molecule has 1 saturated carbocycles. The van der Waals surface area contributed by atoms with Crippen molar-refractivity contribution in [1.82, 2.24) is 23.3 Å². The predicted octanol–water partition coefficient (Wildman–Crippen LogP) is 2.08. The second-order valence-corrected chi connectivity index (χ2v) is 10.8. The average Bonchev–Trinajstić information content (AvgIpc) is 3.23. The monoisotopic (exact) mass is 451 g/mol. The summed E-state index contributed by atoms with van der Waals surface area (Å²) in [5, 5.41) is 3.22. The van der Waals surface area contributed by atoms with Crippen LogP contribution < -0.4 is 5.32 Å². The molecule has 2 heterocycles. The van der Waals surface area contributed by atoms with Gasteiger partial charge in [-0.25, -0.2) is 8.42 Å². The zero-order valence-corrected chi connectivity index (χ0v) is 19.1. The zero-order chi connectivity index (χ0) is 21.3. The number of hydrogen-bond acceptors (Lipinski definition) is 7. The number of carbonyl (C=O) groups excluding carboxylic acids is 1. The van der Waals surface area contributed by atoms with Crippen molar-refractivity contribution in [2.45, 2.75) is 56.5 Å². The topological polar surface area (TPSA) is 95.5 Å². The Kier molecular flexibility index (Phi) is 6.38. The third-order valence-electron chi connectivity index (χ3n) is 6.51. The van der Waals surface area contributed by atoms with Crippen LogP contribution in [-0.2, 0) is 14.8 Å². The summed E-state index contributed by atoms with van der Waals surface area (Å²) in [6.45, 7) is 5.88. The fraction of sp³-hybridized carbons (Fsp3) is 0.650. The SMILES string of the molecule is CC1CCCCC1NC(=O)C(C)N1CCN(S(=O)(=O)c2cccc3nsnc23)CC1. The van der Waals surface area contributed by atoms with Crippen LogP contribution >= 0.6 is 11.7 Å². The van der Waals surface area contributed by atoms with Gasteiger partial charge in [0.2, 0.25) is 15.9 Å².